The fourth-order valence-electron chi connectivity index (χ4n) is 3.37. The van der Waals surface area contributed by atoms with Gasteiger partial charge in [-0.15, -0.1) is 0 Å². The number of aryl methyl sites for hydroxylation is 2. The summed E-state index contributed by atoms with van der Waals surface area (Å²) < 4.78 is 16.1. The quantitative estimate of drug-likeness (QED) is 0.188. The Kier molecular flexibility index (Phi) is 7.70. The molecule has 4 aromatic rings. The van der Waals surface area contributed by atoms with Crippen molar-refractivity contribution < 1.29 is 28.3 Å². The van der Waals surface area contributed by atoms with Crippen molar-refractivity contribution in [2.24, 2.45) is 0 Å². The van der Waals surface area contributed by atoms with Gasteiger partial charge in [-0.1, -0.05) is 36.0 Å². The van der Waals surface area contributed by atoms with Crippen LogP contribution in [0.4, 0.5) is 5.69 Å². The van der Waals surface area contributed by atoms with Gasteiger partial charge in [-0.05, 0) is 61.4 Å². The minimum atomic E-state index is -0.689. The standard InChI is InChI=1S/C27H24N2O6S/c1-16-8-9-18(12-17(16)2)22(30)14-34-26(32)19-10-11-23(33-3)21(13-19)28-25(31)15-36-27-29-20-6-4-5-7-24(20)35-27/h4-13H,14-15H2,1-3H3,(H,28,31). The first-order valence-electron chi connectivity index (χ1n) is 11.1. The van der Waals surface area contributed by atoms with Crippen LogP contribution in [0.2, 0.25) is 0 Å². The van der Waals surface area contributed by atoms with Crippen LogP contribution < -0.4 is 10.1 Å². The molecule has 0 saturated carbocycles. The van der Waals surface area contributed by atoms with Gasteiger partial charge in [0.2, 0.25) is 5.91 Å². The van der Waals surface area contributed by atoms with E-state index < -0.39 is 12.6 Å². The lowest BCUT2D eigenvalue weighted by molar-refractivity contribution is -0.113. The third-order valence-corrected chi connectivity index (χ3v) is 6.30. The number of nitrogens with zero attached hydrogens (tertiary/aromatic N) is 1. The number of benzene rings is 3. The molecule has 0 saturated heterocycles. The molecule has 184 valence electrons. The van der Waals surface area contributed by atoms with Gasteiger partial charge in [0, 0.05) is 5.56 Å². The molecule has 1 aromatic heterocycles. The number of hydrogen-bond acceptors (Lipinski definition) is 8. The smallest absolute Gasteiger partial charge is 0.338 e. The number of nitrogens with one attached hydrogen (secondary N) is 1. The fraction of sp³-hybridized carbons (Fsp3) is 0.185. The summed E-state index contributed by atoms with van der Waals surface area (Å²) in [7, 11) is 1.46. The van der Waals surface area contributed by atoms with Gasteiger partial charge >= 0.3 is 5.97 Å². The summed E-state index contributed by atoms with van der Waals surface area (Å²) in [5.74, 6) is -0.917. The summed E-state index contributed by atoms with van der Waals surface area (Å²) >= 11 is 1.15. The number of para-hydroxylation sites is 2. The molecular weight excluding hydrogens is 480 g/mol. The van der Waals surface area contributed by atoms with E-state index in [0.29, 0.717) is 33.3 Å². The summed E-state index contributed by atoms with van der Waals surface area (Å²) in [5, 5.41) is 3.11. The number of anilines is 1. The second-order valence-electron chi connectivity index (χ2n) is 8.00. The predicted molar refractivity (Wildman–Crippen MR) is 137 cm³/mol. The molecule has 0 spiro atoms. The SMILES string of the molecule is COc1ccc(C(=O)OCC(=O)c2ccc(C)c(C)c2)cc1NC(=O)CSc1nc2ccccc2o1. The molecule has 0 aliphatic heterocycles. The van der Waals surface area contributed by atoms with E-state index in [2.05, 4.69) is 10.3 Å². The van der Waals surface area contributed by atoms with Gasteiger partial charge in [0.25, 0.3) is 5.22 Å². The zero-order valence-electron chi connectivity index (χ0n) is 20.0. The third kappa shape index (κ3) is 5.92. The number of aromatic nitrogens is 1. The average molecular weight is 505 g/mol. The van der Waals surface area contributed by atoms with Crippen LogP contribution in [0.5, 0.6) is 5.75 Å². The number of ketones is 1. The second-order valence-corrected chi connectivity index (χ2v) is 8.92. The first kappa shape index (κ1) is 25.0. The number of hydrogen-bond donors (Lipinski definition) is 1. The zero-order chi connectivity index (χ0) is 25.7. The van der Waals surface area contributed by atoms with Crippen LogP contribution in [0.3, 0.4) is 0 Å². The van der Waals surface area contributed by atoms with E-state index in [9.17, 15) is 14.4 Å². The highest BCUT2D eigenvalue weighted by Gasteiger charge is 2.17. The van der Waals surface area contributed by atoms with Crippen LogP contribution >= 0.6 is 11.8 Å². The maximum absolute atomic E-state index is 12.6. The third-order valence-electron chi connectivity index (χ3n) is 5.47. The number of oxazole rings is 1. The molecule has 9 heteroatoms. The second kappa shape index (κ2) is 11.1. The van der Waals surface area contributed by atoms with E-state index in [1.165, 1.54) is 19.2 Å². The van der Waals surface area contributed by atoms with Crippen molar-refractivity contribution in [3.8, 4) is 5.75 Å². The minimum absolute atomic E-state index is 0.0368. The average Bonchev–Trinajstić information content (AvgIpc) is 3.30. The maximum Gasteiger partial charge on any atom is 0.338 e. The maximum atomic E-state index is 12.6. The molecule has 0 aliphatic rings. The summed E-state index contributed by atoms with van der Waals surface area (Å²) in [6, 6.07) is 17.2. The van der Waals surface area contributed by atoms with E-state index in [-0.39, 0.29) is 23.0 Å². The number of rotatable bonds is 9. The number of thioether (sulfide) groups is 1. The Morgan fingerprint density at radius 1 is 0.972 bits per heavy atom. The van der Waals surface area contributed by atoms with Crippen molar-refractivity contribution in [2.45, 2.75) is 19.1 Å². The largest absolute Gasteiger partial charge is 0.495 e. The monoisotopic (exact) mass is 504 g/mol. The van der Waals surface area contributed by atoms with Gasteiger partial charge in [0.15, 0.2) is 18.0 Å². The minimum Gasteiger partial charge on any atom is -0.495 e. The Morgan fingerprint density at radius 2 is 1.75 bits per heavy atom. The first-order valence-corrected chi connectivity index (χ1v) is 12.1. The molecule has 36 heavy (non-hydrogen) atoms. The van der Waals surface area contributed by atoms with Crippen LogP contribution in [-0.2, 0) is 9.53 Å². The van der Waals surface area contributed by atoms with Crippen LogP contribution in [0.1, 0.15) is 31.8 Å². The number of ether oxygens (including phenoxy) is 2. The van der Waals surface area contributed by atoms with Gasteiger partial charge in [0.1, 0.15) is 11.3 Å². The Labute approximate surface area is 212 Å². The first-order chi connectivity index (χ1) is 17.3. The lowest BCUT2D eigenvalue weighted by Gasteiger charge is -2.12. The Balaban J connectivity index is 1.37. The van der Waals surface area contributed by atoms with E-state index in [1.54, 1.807) is 24.3 Å². The molecule has 1 amide bonds. The fourth-order valence-corrected chi connectivity index (χ4v) is 4.01. The molecule has 0 fully saturated rings. The Bertz CT molecular complexity index is 1410. The van der Waals surface area contributed by atoms with Gasteiger partial charge in [0.05, 0.1) is 24.1 Å². The van der Waals surface area contributed by atoms with Crippen LogP contribution in [0, 0.1) is 13.8 Å². The summed E-state index contributed by atoms with van der Waals surface area (Å²) in [5.41, 5.74) is 4.36. The van der Waals surface area contributed by atoms with Crippen molar-refractivity contribution >= 4 is 46.2 Å². The molecule has 0 unspecified atom stereocenters. The molecule has 0 aliphatic carbocycles. The molecule has 1 N–H and O–H groups in total. The molecule has 0 atom stereocenters. The number of carbonyl (C=O) groups is 3. The molecule has 0 radical (unpaired) electrons. The predicted octanol–water partition coefficient (Wildman–Crippen LogP) is 5.22. The summed E-state index contributed by atoms with van der Waals surface area (Å²) in [4.78, 5) is 41.9. The van der Waals surface area contributed by atoms with Crippen molar-refractivity contribution in [3.05, 3.63) is 82.9 Å². The van der Waals surface area contributed by atoms with Gasteiger partial charge in [-0.25, -0.2) is 9.78 Å². The topological polar surface area (TPSA) is 108 Å². The molecule has 3 aromatic carbocycles. The number of amides is 1. The van der Waals surface area contributed by atoms with E-state index in [4.69, 9.17) is 13.9 Å². The normalized spacial score (nSPS) is 10.8. The lowest BCUT2D eigenvalue weighted by atomic mass is 10.0. The highest BCUT2D eigenvalue weighted by molar-refractivity contribution is 7.99. The Hall–Kier alpha value is -4.11. The Morgan fingerprint density at radius 3 is 2.50 bits per heavy atom. The number of fused-ring (bicyclic) bond motifs is 1. The molecule has 8 nitrogen and oxygen atoms in total. The number of carbonyl (C=O) groups excluding carboxylic acids is 3. The molecule has 1 heterocycles. The van der Waals surface area contributed by atoms with Crippen LogP contribution in [0.25, 0.3) is 11.1 Å². The van der Waals surface area contributed by atoms with Gasteiger partial charge in [-0.3, -0.25) is 9.59 Å². The van der Waals surface area contributed by atoms with Crippen LogP contribution in [-0.4, -0.2) is 42.1 Å². The summed E-state index contributed by atoms with van der Waals surface area (Å²) in [6.07, 6.45) is 0. The highest BCUT2D eigenvalue weighted by atomic mass is 32.2. The van der Waals surface area contributed by atoms with Crippen molar-refractivity contribution in [1.82, 2.24) is 4.98 Å². The lowest BCUT2D eigenvalue weighted by Crippen LogP contribution is -2.17. The molecule has 0 bridgehead atoms. The zero-order valence-corrected chi connectivity index (χ0v) is 20.8. The van der Waals surface area contributed by atoms with E-state index in [0.717, 1.165) is 22.9 Å². The van der Waals surface area contributed by atoms with E-state index >= 15 is 0 Å². The highest BCUT2D eigenvalue weighted by Crippen LogP contribution is 2.27. The van der Waals surface area contributed by atoms with Gasteiger partial charge < -0.3 is 19.2 Å². The van der Waals surface area contributed by atoms with Gasteiger partial charge in [-0.2, -0.15) is 0 Å². The van der Waals surface area contributed by atoms with Crippen molar-refractivity contribution in [3.63, 3.8) is 0 Å². The number of Topliss-reactive ketones (excluding diaryl/α,β-unsaturated/α-hetero) is 1. The van der Waals surface area contributed by atoms with Crippen LogP contribution in [0.15, 0.2) is 70.3 Å². The van der Waals surface area contributed by atoms with Crippen molar-refractivity contribution in [1.29, 1.82) is 0 Å². The molecular formula is C27H24N2O6S. The molecule has 4 rings (SSSR count). The van der Waals surface area contributed by atoms with Crippen molar-refractivity contribution in [2.75, 3.05) is 24.8 Å². The number of esters is 1. The van der Waals surface area contributed by atoms with E-state index in [1.807, 2.05) is 38.1 Å². The number of methoxy groups -OCH3 is 1. The summed E-state index contributed by atoms with van der Waals surface area (Å²) in [6.45, 7) is 3.48.